The van der Waals surface area contributed by atoms with Crippen LogP contribution in [0.4, 0.5) is 5.69 Å². The summed E-state index contributed by atoms with van der Waals surface area (Å²) in [6.45, 7) is 0.438. The molecule has 0 aliphatic carbocycles. The van der Waals surface area contributed by atoms with Crippen molar-refractivity contribution < 1.29 is 14.6 Å². The van der Waals surface area contributed by atoms with E-state index in [0.29, 0.717) is 17.9 Å². The van der Waals surface area contributed by atoms with Crippen LogP contribution < -0.4 is 4.74 Å². The molecule has 1 N–H and O–H groups in total. The van der Waals surface area contributed by atoms with Gasteiger partial charge in [-0.2, -0.15) is 0 Å². The molecule has 128 valence electrons. The van der Waals surface area contributed by atoms with Crippen molar-refractivity contribution >= 4 is 17.4 Å². The standard InChI is InChI=1S/C21H16N2O3/c24-20(25)11-14-7-8-19-18(10-14)21(23-16-5-3-9-22-12-16)17-6-2-1-4-15(17)13-26-19/h1-10,12H,11,13H2,(H,24,25). The maximum Gasteiger partial charge on any atom is 0.307 e. The minimum atomic E-state index is -0.870. The zero-order valence-corrected chi connectivity index (χ0v) is 13.9. The number of aromatic nitrogens is 1. The van der Waals surface area contributed by atoms with Crippen molar-refractivity contribution in [3.05, 3.63) is 89.2 Å². The van der Waals surface area contributed by atoms with Crippen LogP contribution in [0.5, 0.6) is 5.75 Å². The van der Waals surface area contributed by atoms with Gasteiger partial charge in [-0.1, -0.05) is 30.3 Å². The molecule has 0 amide bonds. The van der Waals surface area contributed by atoms with Crippen LogP contribution in [-0.4, -0.2) is 21.8 Å². The van der Waals surface area contributed by atoms with E-state index in [1.165, 1.54) is 0 Å². The molecular weight excluding hydrogens is 328 g/mol. The van der Waals surface area contributed by atoms with Crippen LogP contribution in [0.3, 0.4) is 0 Å². The third kappa shape index (κ3) is 3.19. The average Bonchev–Trinajstić information content (AvgIpc) is 2.80. The summed E-state index contributed by atoms with van der Waals surface area (Å²) < 4.78 is 5.96. The van der Waals surface area contributed by atoms with Gasteiger partial charge in [-0.3, -0.25) is 9.78 Å². The Hall–Kier alpha value is -3.47. The Morgan fingerprint density at radius 3 is 2.81 bits per heavy atom. The Balaban J connectivity index is 1.93. The first-order chi connectivity index (χ1) is 12.7. The molecule has 1 aromatic heterocycles. The van der Waals surface area contributed by atoms with E-state index in [0.717, 1.165) is 28.1 Å². The first-order valence-electron chi connectivity index (χ1n) is 8.25. The number of hydrogen-bond acceptors (Lipinski definition) is 4. The molecule has 4 rings (SSSR count). The molecule has 0 unspecified atom stereocenters. The minimum absolute atomic E-state index is 0.0465. The highest BCUT2D eigenvalue weighted by atomic mass is 16.5. The zero-order valence-electron chi connectivity index (χ0n) is 13.9. The molecule has 1 aliphatic heterocycles. The predicted octanol–water partition coefficient (Wildman–Crippen LogP) is 3.77. The summed E-state index contributed by atoms with van der Waals surface area (Å²) in [5.74, 6) is -0.177. The maximum atomic E-state index is 11.1. The summed E-state index contributed by atoms with van der Waals surface area (Å²) in [7, 11) is 0. The van der Waals surface area contributed by atoms with Crippen LogP contribution in [0.2, 0.25) is 0 Å². The number of aliphatic imine (C=N–C) groups is 1. The van der Waals surface area contributed by atoms with Gasteiger partial charge >= 0.3 is 5.97 Å². The Bertz CT molecular complexity index is 997. The van der Waals surface area contributed by atoms with Gasteiger partial charge in [0, 0.05) is 17.3 Å². The van der Waals surface area contributed by atoms with Gasteiger partial charge in [0.15, 0.2) is 0 Å². The molecule has 0 atom stereocenters. The highest BCUT2D eigenvalue weighted by Crippen LogP contribution is 2.31. The van der Waals surface area contributed by atoms with Crippen molar-refractivity contribution in [2.75, 3.05) is 0 Å². The summed E-state index contributed by atoms with van der Waals surface area (Å²) in [6, 6.07) is 17.1. The van der Waals surface area contributed by atoms with Crippen LogP contribution in [0.1, 0.15) is 22.3 Å². The number of rotatable bonds is 3. The van der Waals surface area contributed by atoms with Crippen molar-refractivity contribution in [2.45, 2.75) is 13.0 Å². The van der Waals surface area contributed by atoms with Gasteiger partial charge in [-0.25, -0.2) is 4.99 Å². The molecular formula is C21H16N2O3. The lowest BCUT2D eigenvalue weighted by molar-refractivity contribution is -0.136. The van der Waals surface area contributed by atoms with Crippen LogP contribution in [-0.2, 0) is 17.8 Å². The molecule has 26 heavy (non-hydrogen) atoms. The molecule has 2 heterocycles. The van der Waals surface area contributed by atoms with Gasteiger partial charge in [0.25, 0.3) is 0 Å². The number of hydrogen-bond donors (Lipinski definition) is 1. The quantitative estimate of drug-likeness (QED) is 0.785. The molecule has 3 aromatic rings. The molecule has 1 aliphatic rings. The fourth-order valence-electron chi connectivity index (χ4n) is 3.02. The van der Waals surface area contributed by atoms with Crippen molar-refractivity contribution in [1.82, 2.24) is 4.98 Å². The molecule has 0 fully saturated rings. The summed E-state index contributed by atoms with van der Waals surface area (Å²) in [5, 5.41) is 9.12. The number of benzene rings is 2. The van der Waals surface area contributed by atoms with E-state index in [2.05, 4.69) is 4.98 Å². The smallest absolute Gasteiger partial charge is 0.307 e. The lowest BCUT2D eigenvalue weighted by atomic mass is 9.96. The number of carboxylic acids is 1. The van der Waals surface area contributed by atoms with Crippen LogP contribution in [0.25, 0.3) is 0 Å². The summed E-state index contributed by atoms with van der Waals surface area (Å²) in [5.41, 5.74) is 4.99. The molecule has 5 nitrogen and oxygen atoms in total. The van der Waals surface area contributed by atoms with Crippen molar-refractivity contribution in [2.24, 2.45) is 4.99 Å². The molecule has 0 bridgehead atoms. The largest absolute Gasteiger partial charge is 0.488 e. The third-order valence-corrected chi connectivity index (χ3v) is 4.20. The van der Waals surface area contributed by atoms with E-state index in [1.807, 2.05) is 48.5 Å². The van der Waals surface area contributed by atoms with Crippen LogP contribution >= 0.6 is 0 Å². The Morgan fingerprint density at radius 2 is 2.00 bits per heavy atom. The third-order valence-electron chi connectivity index (χ3n) is 4.20. The molecule has 5 heteroatoms. The van der Waals surface area contributed by atoms with Gasteiger partial charge in [0.2, 0.25) is 0 Å². The Kier molecular flexibility index (Phi) is 4.19. The van der Waals surface area contributed by atoms with E-state index in [-0.39, 0.29) is 6.42 Å². The second-order valence-electron chi connectivity index (χ2n) is 6.02. The van der Waals surface area contributed by atoms with Gasteiger partial charge < -0.3 is 9.84 Å². The maximum absolute atomic E-state index is 11.1. The zero-order chi connectivity index (χ0) is 17.9. The van der Waals surface area contributed by atoms with Crippen molar-refractivity contribution in [1.29, 1.82) is 0 Å². The van der Waals surface area contributed by atoms with Crippen LogP contribution in [0, 0.1) is 0 Å². The first kappa shape index (κ1) is 16.0. The van der Waals surface area contributed by atoms with E-state index < -0.39 is 5.97 Å². The molecule has 0 spiro atoms. The summed E-state index contributed by atoms with van der Waals surface area (Å²) >= 11 is 0. The highest BCUT2D eigenvalue weighted by Gasteiger charge is 2.21. The first-order valence-corrected chi connectivity index (χ1v) is 8.25. The second-order valence-corrected chi connectivity index (χ2v) is 6.02. The number of aliphatic carboxylic acids is 1. The van der Waals surface area contributed by atoms with E-state index >= 15 is 0 Å². The van der Waals surface area contributed by atoms with Crippen molar-refractivity contribution in [3.8, 4) is 5.75 Å². The fraction of sp³-hybridized carbons (Fsp3) is 0.0952. The van der Waals surface area contributed by atoms with Gasteiger partial charge in [0.1, 0.15) is 12.4 Å². The van der Waals surface area contributed by atoms with Crippen LogP contribution in [0.15, 0.2) is 72.0 Å². The van der Waals surface area contributed by atoms with E-state index in [4.69, 9.17) is 14.8 Å². The van der Waals surface area contributed by atoms with Gasteiger partial charge in [-0.15, -0.1) is 0 Å². The topological polar surface area (TPSA) is 71.8 Å². The van der Waals surface area contributed by atoms with Crippen molar-refractivity contribution in [3.63, 3.8) is 0 Å². The average molecular weight is 344 g/mol. The number of ether oxygens (including phenoxy) is 1. The highest BCUT2D eigenvalue weighted by molar-refractivity contribution is 6.16. The number of nitrogens with zero attached hydrogens (tertiary/aromatic N) is 2. The number of fused-ring (bicyclic) bond motifs is 2. The minimum Gasteiger partial charge on any atom is -0.488 e. The molecule has 0 radical (unpaired) electrons. The Morgan fingerprint density at radius 1 is 1.12 bits per heavy atom. The Labute approximate surface area is 150 Å². The van der Waals surface area contributed by atoms with Gasteiger partial charge in [0.05, 0.1) is 24.0 Å². The molecule has 0 saturated heterocycles. The number of carboxylic acid groups (broad SMARTS) is 1. The SMILES string of the molecule is O=C(O)Cc1ccc2c(c1)C(=Nc1cccnc1)c1ccccc1CO2. The summed E-state index contributed by atoms with van der Waals surface area (Å²) in [4.78, 5) is 20.0. The normalized spacial score (nSPS) is 14.1. The second kappa shape index (κ2) is 6.80. The monoisotopic (exact) mass is 344 g/mol. The number of pyridine rings is 1. The van der Waals surface area contributed by atoms with E-state index in [9.17, 15) is 4.79 Å². The predicted molar refractivity (Wildman–Crippen MR) is 98.1 cm³/mol. The fourth-order valence-corrected chi connectivity index (χ4v) is 3.02. The molecule has 0 saturated carbocycles. The van der Waals surface area contributed by atoms with E-state index in [1.54, 1.807) is 18.5 Å². The summed E-state index contributed by atoms with van der Waals surface area (Å²) in [6.07, 6.45) is 3.35. The molecule has 2 aromatic carbocycles. The lowest BCUT2D eigenvalue weighted by Gasteiger charge is -2.11. The lowest BCUT2D eigenvalue weighted by Crippen LogP contribution is -2.06. The van der Waals surface area contributed by atoms with Gasteiger partial charge in [-0.05, 0) is 35.4 Å². The number of carbonyl (C=O) groups is 1.